The van der Waals surface area contributed by atoms with Gasteiger partial charge in [0.1, 0.15) is 10.6 Å². The van der Waals surface area contributed by atoms with Crippen molar-refractivity contribution in [3.63, 3.8) is 0 Å². The van der Waals surface area contributed by atoms with Crippen molar-refractivity contribution in [1.82, 2.24) is 4.72 Å². The zero-order chi connectivity index (χ0) is 11.5. The summed E-state index contributed by atoms with van der Waals surface area (Å²) in [6.45, 7) is 2.07. The quantitative estimate of drug-likeness (QED) is 0.920. The number of nitrogens with one attached hydrogen (secondary N) is 1. The number of hydrogen-bond acceptors (Lipinski definition) is 3. The van der Waals surface area contributed by atoms with Gasteiger partial charge in [-0.25, -0.2) is 13.1 Å². The topological polar surface area (TPSA) is 55.4 Å². The number of halogens is 1. The van der Waals surface area contributed by atoms with Crippen LogP contribution < -0.4 is 9.46 Å². The second kappa shape index (κ2) is 4.96. The summed E-state index contributed by atoms with van der Waals surface area (Å²) in [5.41, 5.74) is 0. The minimum atomic E-state index is -3.47. The van der Waals surface area contributed by atoms with Crippen molar-refractivity contribution >= 4 is 26.0 Å². The average Bonchev–Trinajstić information content (AvgIpc) is 2.17. The standard InChI is InChI=1S/C9H12BrNO3S/c1-3-11-15(12,13)9-5-4-7(10)6-8(9)14-2/h4-6,11H,3H2,1-2H3. The molecule has 0 fully saturated rings. The highest BCUT2D eigenvalue weighted by Gasteiger charge is 2.18. The fourth-order valence-electron chi connectivity index (χ4n) is 1.13. The molecular formula is C9H12BrNO3S. The molecule has 0 saturated heterocycles. The summed E-state index contributed by atoms with van der Waals surface area (Å²) in [6, 6.07) is 4.78. The van der Waals surface area contributed by atoms with Crippen LogP contribution in [0.2, 0.25) is 0 Å². The summed E-state index contributed by atoms with van der Waals surface area (Å²) < 4.78 is 31.6. The molecule has 0 unspecified atom stereocenters. The van der Waals surface area contributed by atoms with Gasteiger partial charge < -0.3 is 4.74 Å². The minimum absolute atomic E-state index is 0.148. The zero-order valence-electron chi connectivity index (χ0n) is 8.45. The van der Waals surface area contributed by atoms with E-state index in [1.807, 2.05) is 0 Å². The highest BCUT2D eigenvalue weighted by molar-refractivity contribution is 9.10. The fraction of sp³-hybridized carbons (Fsp3) is 0.333. The molecule has 0 heterocycles. The van der Waals surface area contributed by atoms with E-state index in [4.69, 9.17) is 4.74 Å². The highest BCUT2D eigenvalue weighted by Crippen LogP contribution is 2.26. The SMILES string of the molecule is CCNS(=O)(=O)c1ccc(Br)cc1OC. The van der Waals surface area contributed by atoms with E-state index < -0.39 is 10.0 Å². The van der Waals surface area contributed by atoms with Gasteiger partial charge in [-0.2, -0.15) is 0 Å². The van der Waals surface area contributed by atoms with E-state index in [1.54, 1.807) is 19.1 Å². The summed E-state index contributed by atoms with van der Waals surface area (Å²) in [7, 11) is -2.03. The largest absolute Gasteiger partial charge is 0.495 e. The lowest BCUT2D eigenvalue weighted by Gasteiger charge is -2.09. The second-order valence-corrected chi connectivity index (χ2v) is 5.45. The Bertz CT molecular complexity index is 445. The summed E-state index contributed by atoms with van der Waals surface area (Å²) in [5.74, 6) is 0.324. The van der Waals surface area contributed by atoms with Gasteiger partial charge in [0.2, 0.25) is 10.0 Å². The molecule has 0 spiro atoms. The first-order valence-corrected chi connectivity index (χ1v) is 6.62. The van der Waals surface area contributed by atoms with E-state index >= 15 is 0 Å². The Kier molecular flexibility index (Phi) is 4.12. The predicted octanol–water partition coefficient (Wildman–Crippen LogP) is 1.76. The van der Waals surface area contributed by atoms with Crippen LogP contribution in [-0.4, -0.2) is 22.1 Å². The number of ether oxygens (including phenoxy) is 1. The van der Waals surface area contributed by atoms with Crippen LogP contribution >= 0.6 is 15.9 Å². The molecule has 4 nitrogen and oxygen atoms in total. The van der Waals surface area contributed by atoms with E-state index in [1.165, 1.54) is 13.2 Å². The first-order chi connectivity index (χ1) is 7.01. The Morgan fingerprint density at radius 3 is 2.67 bits per heavy atom. The van der Waals surface area contributed by atoms with Crippen LogP contribution in [0, 0.1) is 0 Å². The summed E-state index contributed by atoms with van der Waals surface area (Å²) in [6.07, 6.45) is 0. The Morgan fingerprint density at radius 2 is 2.13 bits per heavy atom. The van der Waals surface area contributed by atoms with Crippen LogP contribution in [0.15, 0.2) is 27.6 Å². The fourth-order valence-corrected chi connectivity index (χ4v) is 2.66. The van der Waals surface area contributed by atoms with Crippen LogP contribution in [0.5, 0.6) is 5.75 Å². The van der Waals surface area contributed by atoms with Gasteiger partial charge in [-0.15, -0.1) is 0 Å². The molecule has 0 atom stereocenters. The minimum Gasteiger partial charge on any atom is -0.495 e. The Balaban J connectivity index is 3.25. The molecular weight excluding hydrogens is 282 g/mol. The zero-order valence-corrected chi connectivity index (χ0v) is 10.9. The van der Waals surface area contributed by atoms with Crippen molar-refractivity contribution in [1.29, 1.82) is 0 Å². The number of sulfonamides is 1. The maximum absolute atomic E-state index is 11.7. The summed E-state index contributed by atoms with van der Waals surface area (Å²) in [5, 5.41) is 0. The van der Waals surface area contributed by atoms with Crippen molar-refractivity contribution in [2.45, 2.75) is 11.8 Å². The van der Waals surface area contributed by atoms with Gasteiger partial charge in [-0.1, -0.05) is 22.9 Å². The van der Waals surface area contributed by atoms with Crippen LogP contribution in [0.25, 0.3) is 0 Å². The van der Waals surface area contributed by atoms with Gasteiger partial charge in [0.05, 0.1) is 7.11 Å². The average molecular weight is 294 g/mol. The van der Waals surface area contributed by atoms with Gasteiger partial charge in [-0.3, -0.25) is 0 Å². The summed E-state index contributed by atoms with van der Waals surface area (Å²) >= 11 is 3.25. The van der Waals surface area contributed by atoms with E-state index in [0.717, 1.165) is 4.47 Å². The summed E-state index contributed by atoms with van der Waals surface area (Å²) in [4.78, 5) is 0.148. The van der Waals surface area contributed by atoms with Gasteiger partial charge in [0.15, 0.2) is 0 Å². The third kappa shape index (κ3) is 2.93. The molecule has 0 saturated carbocycles. The number of rotatable bonds is 4. The predicted molar refractivity (Wildman–Crippen MR) is 61.6 cm³/mol. The lowest BCUT2D eigenvalue weighted by atomic mass is 10.3. The van der Waals surface area contributed by atoms with Crippen molar-refractivity contribution in [2.75, 3.05) is 13.7 Å². The van der Waals surface area contributed by atoms with Crippen LogP contribution in [-0.2, 0) is 10.0 Å². The molecule has 84 valence electrons. The van der Waals surface area contributed by atoms with E-state index in [9.17, 15) is 8.42 Å². The Morgan fingerprint density at radius 1 is 1.47 bits per heavy atom. The number of methoxy groups -OCH3 is 1. The van der Waals surface area contributed by atoms with Crippen molar-refractivity contribution in [3.8, 4) is 5.75 Å². The highest BCUT2D eigenvalue weighted by atomic mass is 79.9. The van der Waals surface area contributed by atoms with E-state index in [-0.39, 0.29) is 4.90 Å². The maximum atomic E-state index is 11.7. The van der Waals surface area contributed by atoms with Crippen molar-refractivity contribution in [2.24, 2.45) is 0 Å². The van der Waals surface area contributed by atoms with E-state index in [0.29, 0.717) is 12.3 Å². The molecule has 0 aliphatic rings. The monoisotopic (exact) mass is 293 g/mol. The molecule has 0 amide bonds. The molecule has 0 bridgehead atoms. The third-order valence-electron chi connectivity index (χ3n) is 1.75. The Hall–Kier alpha value is -0.590. The van der Waals surface area contributed by atoms with Crippen LogP contribution in [0.3, 0.4) is 0 Å². The number of hydrogen-bond donors (Lipinski definition) is 1. The van der Waals surface area contributed by atoms with Gasteiger partial charge in [0.25, 0.3) is 0 Å². The van der Waals surface area contributed by atoms with Gasteiger partial charge in [0, 0.05) is 11.0 Å². The van der Waals surface area contributed by atoms with Crippen molar-refractivity contribution in [3.05, 3.63) is 22.7 Å². The third-order valence-corrected chi connectivity index (χ3v) is 3.83. The first kappa shape index (κ1) is 12.5. The second-order valence-electron chi connectivity index (χ2n) is 2.80. The molecule has 6 heteroatoms. The lowest BCUT2D eigenvalue weighted by Crippen LogP contribution is -2.23. The van der Waals surface area contributed by atoms with Crippen molar-refractivity contribution < 1.29 is 13.2 Å². The van der Waals surface area contributed by atoms with Crippen LogP contribution in [0.4, 0.5) is 0 Å². The normalized spacial score (nSPS) is 11.4. The Labute approximate surface area is 97.8 Å². The molecule has 0 aromatic heterocycles. The molecule has 1 aromatic rings. The molecule has 1 N–H and O–H groups in total. The van der Waals surface area contributed by atoms with Gasteiger partial charge >= 0.3 is 0 Å². The molecule has 0 aliphatic carbocycles. The maximum Gasteiger partial charge on any atom is 0.244 e. The molecule has 0 radical (unpaired) electrons. The smallest absolute Gasteiger partial charge is 0.244 e. The van der Waals surface area contributed by atoms with Gasteiger partial charge in [-0.05, 0) is 18.2 Å². The van der Waals surface area contributed by atoms with E-state index in [2.05, 4.69) is 20.7 Å². The molecule has 1 rings (SSSR count). The lowest BCUT2D eigenvalue weighted by molar-refractivity contribution is 0.402. The first-order valence-electron chi connectivity index (χ1n) is 4.34. The molecule has 1 aromatic carbocycles. The van der Waals surface area contributed by atoms with Crippen LogP contribution in [0.1, 0.15) is 6.92 Å². The number of benzene rings is 1. The molecule has 15 heavy (non-hydrogen) atoms. The molecule has 0 aliphatic heterocycles.